The van der Waals surface area contributed by atoms with Crippen LogP contribution in [-0.4, -0.2) is 6.61 Å². The molecular formula is C22H20BrCl2NO2. The van der Waals surface area contributed by atoms with E-state index in [1.54, 1.807) is 0 Å². The van der Waals surface area contributed by atoms with Gasteiger partial charge in [-0.05, 0) is 82.5 Å². The minimum absolute atomic E-state index is 0.429. The first-order chi connectivity index (χ1) is 13.5. The zero-order valence-corrected chi connectivity index (χ0v) is 18.4. The highest BCUT2D eigenvalue weighted by molar-refractivity contribution is 9.10. The molecule has 0 amide bonds. The maximum absolute atomic E-state index is 6.03. The fraction of sp³-hybridized carbons (Fsp3) is 0.182. The highest BCUT2D eigenvalue weighted by atomic mass is 79.9. The number of halogens is 3. The molecule has 3 nitrogen and oxygen atoms in total. The van der Waals surface area contributed by atoms with Crippen molar-refractivity contribution in [1.29, 1.82) is 0 Å². The Morgan fingerprint density at radius 2 is 1.50 bits per heavy atom. The van der Waals surface area contributed by atoms with E-state index >= 15 is 0 Å². The molecule has 1 N–H and O–H groups in total. The molecule has 6 heteroatoms. The Bertz CT molecular complexity index is 915. The van der Waals surface area contributed by atoms with Crippen LogP contribution in [0.15, 0.2) is 65.1 Å². The van der Waals surface area contributed by atoms with Crippen molar-refractivity contribution in [2.24, 2.45) is 0 Å². The predicted molar refractivity (Wildman–Crippen MR) is 120 cm³/mol. The third-order valence-electron chi connectivity index (χ3n) is 4.01. The monoisotopic (exact) mass is 479 g/mol. The topological polar surface area (TPSA) is 30.5 Å². The number of nitrogens with one attached hydrogen (secondary N) is 1. The average Bonchev–Trinajstić information content (AvgIpc) is 2.68. The summed E-state index contributed by atoms with van der Waals surface area (Å²) in [5.41, 5.74) is 3.11. The molecule has 146 valence electrons. The van der Waals surface area contributed by atoms with E-state index in [1.165, 1.54) is 0 Å². The van der Waals surface area contributed by atoms with Gasteiger partial charge >= 0.3 is 0 Å². The van der Waals surface area contributed by atoms with E-state index in [0.29, 0.717) is 41.3 Å². The molecule has 0 bridgehead atoms. The molecule has 0 atom stereocenters. The van der Waals surface area contributed by atoms with E-state index in [-0.39, 0.29) is 0 Å². The summed E-state index contributed by atoms with van der Waals surface area (Å²) in [5, 5.41) is 4.80. The van der Waals surface area contributed by atoms with Gasteiger partial charge in [0.25, 0.3) is 0 Å². The molecule has 0 saturated heterocycles. The number of ether oxygens (including phenoxy) is 2. The third kappa shape index (κ3) is 5.81. The molecule has 0 aliphatic heterocycles. The molecular weight excluding hydrogens is 461 g/mol. The first-order valence-electron chi connectivity index (χ1n) is 8.87. The predicted octanol–water partition coefficient (Wildman–Crippen LogP) is 7.35. The first kappa shape index (κ1) is 20.8. The van der Waals surface area contributed by atoms with Gasteiger partial charge in [-0.15, -0.1) is 0 Å². The number of hydrogen-bond donors (Lipinski definition) is 1. The lowest BCUT2D eigenvalue weighted by atomic mass is 10.2. The number of anilines is 1. The number of rotatable bonds is 8. The summed E-state index contributed by atoms with van der Waals surface area (Å²) in [7, 11) is 0. The molecule has 3 aromatic carbocycles. The van der Waals surface area contributed by atoms with Crippen LogP contribution in [0.1, 0.15) is 18.1 Å². The molecule has 0 aromatic heterocycles. The van der Waals surface area contributed by atoms with Gasteiger partial charge in [-0.25, -0.2) is 0 Å². The van der Waals surface area contributed by atoms with E-state index in [0.717, 1.165) is 21.3 Å². The smallest absolute Gasteiger partial charge is 0.175 e. The minimum atomic E-state index is 0.429. The Labute approximate surface area is 183 Å². The fourth-order valence-corrected chi connectivity index (χ4v) is 3.49. The van der Waals surface area contributed by atoms with Crippen molar-refractivity contribution < 1.29 is 9.47 Å². The molecule has 0 radical (unpaired) electrons. The third-order valence-corrected chi connectivity index (χ3v) is 5.10. The minimum Gasteiger partial charge on any atom is -0.490 e. The second-order valence-electron chi connectivity index (χ2n) is 6.11. The quantitative estimate of drug-likeness (QED) is 0.365. The van der Waals surface area contributed by atoms with Crippen LogP contribution in [0.5, 0.6) is 11.5 Å². The lowest BCUT2D eigenvalue weighted by Gasteiger charge is -2.16. The Kier molecular flexibility index (Phi) is 7.49. The van der Waals surface area contributed by atoms with E-state index in [2.05, 4.69) is 21.2 Å². The van der Waals surface area contributed by atoms with Gasteiger partial charge in [-0.1, -0.05) is 35.3 Å². The van der Waals surface area contributed by atoms with Crippen molar-refractivity contribution in [3.05, 3.63) is 86.3 Å². The zero-order chi connectivity index (χ0) is 19.9. The standard InChI is InChI=1S/C22H20BrCl2NO2/c1-2-27-21-12-16(13-26-19-9-7-18(25)8-10-19)11-20(23)22(21)28-14-15-3-5-17(24)6-4-15/h3-12,26H,2,13-14H2,1H3. The van der Waals surface area contributed by atoms with Crippen LogP contribution in [-0.2, 0) is 13.2 Å². The Hall–Kier alpha value is -1.88. The van der Waals surface area contributed by atoms with E-state index in [9.17, 15) is 0 Å². The van der Waals surface area contributed by atoms with Crippen molar-refractivity contribution in [2.45, 2.75) is 20.1 Å². The summed E-state index contributed by atoms with van der Waals surface area (Å²) in [6, 6.07) is 19.2. The van der Waals surface area contributed by atoms with Crippen LogP contribution in [0.4, 0.5) is 5.69 Å². The normalized spacial score (nSPS) is 10.6. The summed E-state index contributed by atoms with van der Waals surface area (Å²) in [6.45, 7) is 3.59. The molecule has 0 heterocycles. The molecule has 0 aliphatic rings. The maximum atomic E-state index is 6.03. The Balaban J connectivity index is 1.73. The van der Waals surface area contributed by atoms with Crippen LogP contribution in [0, 0.1) is 0 Å². The number of hydrogen-bond acceptors (Lipinski definition) is 3. The maximum Gasteiger partial charge on any atom is 0.175 e. The molecule has 0 spiro atoms. The second-order valence-corrected chi connectivity index (χ2v) is 7.84. The largest absolute Gasteiger partial charge is 0.490 e. The lowest BCUT2D eigenvalue weighted by Crippen LogP contribution is -2.04. The van der Waals surface area contributed by atoms with Gasteiger partial charge in [-0.3, -0.25) is 0 Å². The summed E-state index contributed by atoms with van der Waals surface area (Å²) in [6.07, 6.45) is 0. The summed E-state index contributed by atoms with van der Waals surface area (Å²) in [5.74, 6) is 1.39. The van der Waals surface area contributed by atoms with Crippen LogP contribution in [0.3, 0.4) is 0 Å². The molecule has 0 fully saturated rings. The van der Waals surface area contributed by atoms with Crippen LogP contribution in [0.2, 0.25) is 10.0 Å². The van der Waals surface area contributed by atoms with Gasteiger partial charge in [0.15, 0.2) is 11.5 Å². The van der Waals surface area contributed by atoms with Gasteiger partial charge in [-0.2, -0.15) is 0 Å². The molecule has 3 aromatic rings. The van der Waals surface area contributed by atoms with Crippen molar-refractivity contribution >= 4 is 44.8 Å². The molecule has 0 aliphatic carbocycles. The van der Waals surface area contributed by atoms with Gasteiger partial charge < -0.3 is 14.8 Å². The van der Waals surface area contributed by atoms with Gasteiger partial charge in [0.05, 0.1) is 11.1 Å². The molecule has 0 unspecified atom stereocenters. The highest BCUT2D eigenvalue weighted by Crippen LogP contribution is 2.37. The van der Waals surface area contributed by atoms with Crippen molar-refractivity contribution in [3.63, 3.8) is 0 Å². The first-order valence-corrected chi connectivity index (χ1v) is 10.4. The van der Waals surface area contributed by atoms with Crippen molar-refractivity contribution in [2.75, 3.05) is 11.9 Å². The lowest BCUT2D eigenvalue weighted by molar-refractivity contribution is 0.267. The molecule has 28 heavy (non-hydrogen) atoms. The van der Waals surface area contributed by atoms with Crippen LogP contribution in [0.25, 0.3) is 0 Å². The summed E-state index contributed by atoms with van der Waals surface area (Å²) >= 11 is 15.5. The Morgan fingerprint density at radius 3 is 2.14 bits per heavy atom. The van der Waals surface area contributed by atoms with Crippen molar-refractivity contribution in [3.8, 4) is 11.5 Å². The average molecular weight is 481 g/mol. The summed E-state index contributed by atoms with van der Waals surface area (Å²) < 4.78 is 12.7. The SMILES string of the molecule is CCOc1cc(CNc2ccc(Cl)cc2)cc(Br)c1OCc1ccc(Cl)cc1. The van der Waals surface area contributed by atoms with Gasteiger partial charge in [0, 0.05) is 22.3 Å². The van der Waals surface area contributed by atoms with E-state index in [4.69, 9.17) is 32.7 Å². The molecule has 3 rings (SSSR count). The number of benzene rings is 3. The van der Waals surface area contributed by atoms with Crippen LogP contribution >= 0.6 is 39.1 Å². The van der Waals surface area contributed by atoms with Crippen molar-refractivity contribution in [1.82, 2.24) is 0 Å². The van der Waals surface area contributed by atoms with E-state index < -0.39 is 0 Å². The zero-order valence-electron chi connectivity index (χ0n) is 15.3. The summed E-state index contributed by atoms with van der Waals surface area (Å²) in [4.78, 5) is 0. The van der Waals surface area contributed by atoms with Gasteiger partial charge in [0.1, 0.15) is 6.61 Å². The second kappa shape index (κ2) is 10.1. The Morgan fingerprint density at radius 1 is 0.857 bits per heavy atom. The molecule has 0 saturated carbocycles. The fourth-order valence-electron chi connectivity index (χ4n) is 2.63. The van der Waals surface area contributed by atoms with Crippen LogP contribution < -0.4 is 14.8 Å². The van der Waals surface area contributed by atoms with Gasteiger partial charge in [0.2, 0.25) is 0 Å². The highest BCUT2D eigenvalue weighted by Gasteiger charge is 2.13. The van der Waals surface area contributed by atoms with E-state index in [1.807, 2.05) is 67.6 Å².